The van der Waals surface area contributed by atoms with Gasteiger partial charge >= 0.3 is 5.97 Å². The highest BCUT2D eigenvalue weighted by atomic mass is 35.5. The van der Waals surface area contributed by atoms with E-state index in [2.05, 4.69) is 0 Å². The van der Waals surface area contributed by atoms with Crippen LogP contribution >= 0.6 is 11.6 Å². The molecule has 1 aromatic rings. The maximum Gasteiger partial charge on any atom is 0.317 e. The first kappa shape index (κ1) is 19.5. The van der Waals surface area contributed by atoms with Gasteiger partial charge in [0.05, 0.1) is 24.3 Å². The van der Waals surface area contributed by atoms with Gasteiger partial charge in [-0.15, -0.1) is 0 Å². The SMILES string of the molecule is CC(Oc1ccccc1Cl)C(=O)N1CCOC(CN(C)CC(=O)O)C1. The molecule has 1 N–H and O–H groups in total. The van der Waals surface area contributed by atoms with Crippen molar-refractivity contribution in [3.8, 4) is 5.75 Å². The van der Waals surface area contributed by atoms with Crippen molar-refractivity contribution in [1.82, 2.24) is 9.80 Å². The Balaban J connectivity index is 1.90. The molecule has 0 saturated carbocycles. The fraction of sp³-hybridized carbons (Fsp3) is 0.529. The van der Waals surface area contributed by atoms with Crippen molar-refractivity contribution < 1.29 is 24.2 Å². The van der Waals surface area contributed by atoms with Crippen LogP contribution in [0.15, 0.2) is 24.3 Å². The predicted octanol–water partition coefficient (Wildman–Crippen LogP) is 1.35. The lowest BCUT2D eigenvalue weighted by molar-refractivity contribution is -0.147. The Hall–Kier alpha value is -1.83. The molecule has 1 aliphatic rings. The average Bonchev–Trinajstić information content (AvgIpc) is 2.55. The number of carboxylic acids is 1. The molecular weight excluding hydrogens is 348 g/mol. The molecule has 1 heterocycles. The third kappa shape index (κ3) is 5.88. The van der Waals surface area contributed by atoms with Crippen molar-refractivity contribution in [1.29, 1.82) is 0 Å². The molecule has 1 aromatic carbocycles. The van der Waals surface area contributed by atoms with E-state index in [0.29, 0.717) is 37.0 Å². The first-order valence-corrected chi connectivity index (χ1v) is 8.46. The molecule has 0 spiro atoms. The summed E-state index contributed by atoms with van der Waals surface area (Å²) in [5, 5.41) is 9.27. The van der Waals surface area contributed by atoms with Crippen molar-refractivity contribution in [3.63, 3.8) is 0 Å². The van der Waals surface area contributed by atoms with Crippen LogP contribution in [0.5, 0.6) is 5.75 Å². The molecule has 8 heteroatoms. The van der Waals surface area contributed by atoms with Crippen LogP contribution in [0.1, 0.15) is 6.92 Å². The Labute approximate surface area is 152 Å². The quantitative estimate of drug-likeness (QED) is 0.780. The van der Waals surface area contributed by atoms with Gasteiger partial charge in [0.1, 0.15) is 5.75 Å². The number of para-hydroxylation sites is 1. The molecule has 0 bridgehead atoms. The van der Waals surface area contributed by atoms with Crippen molar-refractivity contribution >= 4 is 23.5 Å². The van der Waals surface area contributed by atoms with Gasteiger partial charge < -0.3 is 19.5 Å². The van der Waals surface area contributed by atoms with E-state index in [9.17, 15) is 9.59 Å². The van der Waals surface area contributed by atoms with Crippen LogP contribution in [-0.4, -0.2) is 78.8 Å². The van der Waals surface area contributed by atoms with Gasteiger partial charge in [-0.25, -0.2) is 0 Å². The van der Waals surface area contributed by atoms with E-state index in [1.165, 1.54) is 0 Å². The summed E-state index contributed by atoms with van der Waals surface area (Å²) in [6.45, 7) is 3.35. The lowest BCUT2D eigenvalue weighted by Crippen LogP contribution is -2.52. The number of likely N-dealkylation sites (N-methyl/N-ethyl adjacent to an activating group) is 1. The molecule has 25 heavy (non-hydrogen) atoms. The molecule has 7 nitrogen and oxygen atoms in total. The Morgan fingerprint density at radius 3 is 2.88 bits per heavy atom. The molecule has 2 unspecified atom stereocenters. The Morgan fingerprint density at radius 2 is 2.20 bits per heavy atom. The highest BCUT2D eigenvalue weighted by Gasteiger charge is 2.29. The fourth-order valence-corrected chi connectivity index (χ4v) is 2.89. The van der Waals surface area contributed by atoms with Gasteiger partial charge in [0, 0.05) is 19.6 Å². The van der Waals surface area contributed by atoms with Crippen LogP contribution in [0.4, 0.5) is 0 Å². The van der Waals surface area contributed by atoms with Crippen LogP contribution < -0.4 is 4.74 Å². The number of hydrogen-bond acceptors (Lipinski definition) is 5. The molecule has 0 radical (unpaired) electrons. The summed E-state index contributed by atoms with van der Waals surface area (Å²) in [5.41, 5.74) is 0. The van der Waals surface area contributed by atoms with Gasteiger partial charge in [0.25, 0.3) is 5.91 Å². The van der Waals surface area contributed by atoms with Crippen LogP contribution in [-0.2, 0) is 14.3 Å². The third-order valence-electron chi connectivity index (χ3n) is 3.86. The molecule has 1 amide bonds. The number of aliphatic carboxylic acids is 1. The number of carbonyl (C=O) groups excluding carboxylic acids is 1. The Bertz CT molecular complexity index is 612. The number of hydrogen-bond donors (Lipinski definition) is 1. The maximum absolute atomic E-state index is 12.6. The predicted molar refractivity (Wildman–Crippen MR) is 93.0 cm³/mol. The van der Waals surface area contributed by atoms with E-state index in [1.54, 1.807) is 48.0 Å². The summed E-state index contributed by atoms with van der Waals surface area (Å²) in [6, 6.07) is 7.01. The maximum atomic E-state index is 12.6. The topological polar surface area (TPSA) is 79.3 Å². The standard InChI is InChI=1S/C17H23ClN2O5/c1-12(25-15-6-4-3-5-14(15)18)17(23)20-7-8-24-13(10-20)9-19(2)11-16(21)22/h3-6,12-13H,7-11H2,1-2H3,(H,21,22). The van der Waals surface area contributed by atoms with E-state index in [4.69, 9.17) is 26.2 Å². The van der Waals surface area contributed by atoms with Crippen molar-refractivity contribution in [2.45, 2.75) is 19.1 Å². The number of morpholine rings is 1. The molecule has 138 valence electrons. The van der Waals surface area contributed by atoms with Crippen molar-refractivity contribution in [2.75, 3.05) is 39.8 Å². The molecule has 2 rings (SSSR count). The Morgan fingerprint density at radius 1 is 1.48 bits per heavy atom. The van der Waals surface area contributed by atoms with Crippen LogP contribution in [0.3, 0.4) is 0 Å². The molecule has 1 saturated heterocycles. The first-order valence-electron chi connectivity index (χ1n) is 8.08. The van der Waals surface area contributed by atoms with Gasteiger partial charge in [0.2, 0.25) is 0 Å². The first-order chi connectivity index (χ1) is 11.9. The minimum atomic E-state index is -0.895. The summed E-state index contributed by atoms with van der Waals surface area (Å²) in [6.07, 6.45) is -0.898. The second-order valence-electron chi connectivity index (χ2n) is 6.06. The summed E-state index contributed by atoms with van der Waals surface area (Å²) in [4.78, 5) is 26.7. The summed E-state index contributed by atoms with van der Waals surface area (Å²) in [5.74, 6) is -0.571. The largest absolute Gasteiger partial charge is 0.480 e. The van der Waals surface area contributed by atoms with Gasteiger partial charge in [-0.3, -0.25) is 14.5 Å². The van der Waals surface area contributed by atoms with E-state index in [0.717, 1.165) is 0 Å². The summed E-state index contributed by atoms with van der Waals surface area (Å²) < 4.78 is 11.3. The smallest absolute Gasteiger partial charge is 0.317 e. The minimum absolute atomic E-state index is 0.0696. The third-order valence-corrected chi connectivity index (χ3v) is 4.17. The van der Waals surface area contributed by atoms with E-state index in [1.807, 2.05) is 0 Å². The van der Waals surface area contributed by atoms with Gasteiger partial charge in [0.15, 0.2) is 6.10 Å². The highest BCUT2D eigenvalue weighted by molar-refractivity contribution is 6.32. The monoisotopic (exact) mass is 370 g/mol. The zero-order valence-electron chi connectivity index (χ0n) is 14.4. The molecule has 2 atom stereocenters. The summed E-state index contributed by atoms with van der Waals surface area (Å²) >= 11 is 6.06. The number of halogens is 1. The number of benzene rings is 1. The fourth-order valence-electron chi connectivity index (χ4n) is 2.71. The molecule has 1 aliphatic heterocycles. The number of carboxylic acid groups (broad SMARTS) is 1. The van der Waals surface area contributed by atoms with Crippen molar-refractivity contribution in [2.24, 2.45) is 0 Å². The number of amides is 1. The normalized spacial score (nSPS) is 18.9. The minimum Gasteiger partial charge on any atom is -0.480 e. The molecule has 0 aromatic heterocycles. The van der Waals surface area contributed by atoms with Gasteiger partial charge in [-0.05, 0) is 26.1 Å². The zero-order valence-corrected chi connectivity index (χ0v) is 15.1. The average molecular weight is 371 g/mol. The van der Waals surface area contributed by atoms with E-state index >= 15 is 0 Å². The number of carbonyl (C=O) groups is 2. The van der Waals surface area contributed by atoms with E-state index < -0.39 is 12.1 Å². The summed E-state index contributed by atoms with van der Waals surface area (Å²) in [7, 11) is 1.71. The number of nitrogens with zero attached hydrogens (tertiary/aromatic N) is 2. The number of rotatable bonds is 7. The molecule has 1 fully saturated rings. The Kier molecular flexibility index (Phi) is 7.04. The second kappa shape index (κ2) is 9.03. The highest BCUT2D eigenvalue weighted by Crippen LogP contribution is 2.24. The van der Waals surface area contributed by atoms with Gasteiger partial charge in [-0.2, -0.15) is 0 Å². The van der Waals surface area contributed by atoms with E-state index in [-0.39, 0.29) is 18.6 Å². The lowest BCUT2D eigenvalue weighted by Gasteiger charge is -2.35. The second-order valence-corrected chi connectivity index (χ2v) is 6.47. The molecular formula is C17H23ClN2O5. The zero-order chi connectivity index (χ0) is 18.4. The van der Waals surface area contributed by atoms with Gasteiger partial charge in [-0.1, -0.05) is 23.7 Å². The van der Waals surface area contributed by atoms with Crippen LogP contribution in [0, 0.1) is 0 Å². The van der Waals surface area contributed by atoms with Crippen molar-refractivity contribution in [3.05, 3.63) is 29.3 Å². The number of ether oxygens (including phenoxy) is 2. The van der Waals surface area contributed by atoms with Crippen LogP contribution in [0.25, 0.3) is 0 Å². The van der Waals surface area contributed by atoms with Crippen LogP contribution in [0.2, 0.25) is 5.02 Å². The lowest BCUT2D eigenvalue weighted by atomic mass is 10.2. The molecule has 0 aliphatic carbocycles.